The zero-order valence-corrected chi connectivity index (χ0v) is 12.8. The smallest absolute Gasteiger partial charge is 0.201 e. The molecule has 20 heavy (non-hydrogen) atoms. The molecule has 0 saturated carbocycles. The van der Waals surface area contributed by atoms with Crippen LogP contribution in [0.2, 0.25) is 10.0 Å². The van der Waals surface area contributed by atoms with Gasteiger partial charge in [-0.15, -0.1) is 0 Å². The molecule has 0 aliphatic carbocycles. The Bertz CT molecular complexity index is 641. The number of benzene rings is 1. The van der Waals surface area contributed by atoms with E-state index in [1.165, 1.54) is 0 Å². The highest BCUT2D eigenvalue weighted by Crippen LogP contribution is 2.31. The van der Waals surface area contributed by atoms with Crippen LogP contribution >= 0.6 is 23.2 Å². The van der Waals surface area contributed by atoms with Gasteiger partial charge in [0.2, 0.25) is 5.95 Å². The molecule has 1 aliphatic heterocycles. The Kier molecular flexibility index (Phi) is 3.80. The first-order valence-corrected chi connectivity index (χ1v) is 7.58. The third-order valence-corrected chi connectivity index (χ3v) is 4.71. The predicted molar refractivity (Wildman–Crippen MR) is 82.3 cm³/mol. The van der Waals surface area contributed by atoms with Crippen molar-refractivity contribution in [2.45, 2.75) is 32.4 Å². The lowest BCUT2D eigenvalue weighted by molar-refractivity contribution is 0.0839. The summed E-state index contributed by atoms with van der Waals surface area (Å²) in [4.78, 5) is 4.36. The largest absolute Gasteiger partial charge is 0.378 e. The quantitative estimate of drug-likeness (QED) is 0.939. The molecule has 1 fully saturated rings. The minimum absolute atomic E-state index is 0.301. The molecular weight excluding hydrogens is 297 g/mol. The maximum atomic E-state index is 6.10. The third-order valence-electron chi connectivity index (χ3n) is 3.99. The number of nitrogens with two attached hydrogens (primary N) is 1. The zero-order valence-electron chi connectivity index (χ0n) is 11.3. The van der Waals surface area contributed by atoms with Crippen molar-refractivity contribution in [3.63, 3.8) is 0 Å². The lowest BCUT2D eigenvalue weighted by Gasteiger charge is -2.18. The van der Waals surface area contributed by atoms with Crippen LogP contribution in [-0.2, 0) is 11.3 Å². The third kappa shape index (κ3) is 2.36. The van der Waals surface area contributed by atoms with Crippen molar-refractivity contribution >= 4 is 40.2 Å². The second kappa shape index (κ2) is 5.43. The van der Waals surface area contributed by atoms with E-state index >= 15 is 0 Å². The Morgan fingerprint density at radius 2 is 2.15 bits per heavy atom. The summed E-state index contributed by atoms with van der Waals surface area (Å²) in [6.45, 7) is 3.77. The minimum Gasteiger partial charge on any atom is -0.378 e. The molecule has 108 valence electrons. The van der Waals surface area contributed by atoms with Crippen molar-refractivity contribution in [3.05, 3.63) is 22.2 Å². The fourth-order valence-electron chi connectivity index (χ4n) is 2.92. The topological polar surface area (TPSA) is 53.1 Å². The summed E-state index contributed by atoms with van der Waals surface area (Å²) in [5.41, 5.74) is 7.75. The highest BCUT2D eigenvalue weighted by atomic mass is 35.5. The summed E-state index contributed by atoms with van der Waals surface area (Å²) in [7, 11) is 0. The average molecular weight is 314 g/mol. The van der Waals surface area contributed by atoms with E-state index in [1.807, 2.05) is 10.6 Å². The van der Waals surface area contributed by atoms with Crippen molar-refractivity contribution in [1.29, 1.82) is 0 Å². The highest BCUT2D eigenvalue weighted by molar-refractivity contribution is 6.42. The molecule has 2 N–H and O–H groups in total. The predicted octanol–water partition coefficient (Wildman–Crippen LogP) is 3.74. The molecule has 2 atom stereocenters. The number of aromatic nitrogens is 2. The lowest BCUT2D eigenvalue weighted by Crippen LogP contribution is -2.21. The van der Waals surface area contributed by atoms with Gasteiger partial charge in [-0.25, -0.2) is 4.98 Å². The number of hydrogen-bond donors (Lipinski definition) is 1. The van der Waals surface area contributed by atoms with Crippen LogP contribution in [0.25, 0.3) is 11.0 Å². The molecule has 2 aromatic rings. The Morgan fingerprint density at radius 3 is 2.90 bits per heavy atom. The van der Waals surface area contributed by atoms with Crippen molar-refractivity contribution in [3.8, 4) is 0 Å². The molecule has 1 aromatic heterocycles. The molecule has 0 spiro atoms. The summed E-state index contributed by atoms with van der Waals surface area (Å²) >= 11 is 12.1. The molecule has 4 nitrogen and oxygen atoms in total. The second-order valence-corrected chi connectivity index (χ2v) is 6.02. The number of imidazole rings is 1. The van der Waals surface area contributed by atoms with Crippen LogP contribution in [0.1, 0.15) is 19.8 Å². The maximum Gasteiger partial charge on any atom is 0.201 e. The first kappa shape index (κ1) is 14.0. The van der Waals surface area contributed by atoms with Gasteiger partial charge in [-0.2, -0.15) is 0 Å². The minimum atomic E-state index is 0.301. The van der Waals surface area contributed by atoms with Crippen molar-refractivity contribution in [1.82, 2.24) is 9.55 Å². The lowest BCUT2D eigenvalue weighted by atomic mass is 9.99. The Morgan fingerprint density at radius 1 is 1.40 bits per heavy atom. The second-order valence-electron chi connectivity index (χ2n) is 5.20. The fourth-order valence-corrected chi connectivity index (χ4v) is 3.23. The number of nitrogens with zero attached hydrogens (tertiary/aromatic N) is 2. The molecule has 6 heteroatoms. The van der Waals surface area contributed by atoms with E-state index in [0.717, 1.165) is 37.0 Å². The van der Waals surface area contributed by atoms with Gasteiger partial charge in [0.15, 0.2) is 0 Å². The van der Waals surface area contributed by atoms with Crippen molar-refractivity contribution in [2.24, 2.45) is 5.92 Å². The summed E-state index contributed by atoms with van der Waals surface area (Å²) in [6.07, 6.45) is 2.37. The number of nitrogen functional groups attached to an aromatic ring is 1. The molecular formula is C14H17Cl2N3O. The van der Waals surface area contributed by atoms with Gasteiger partial charge in [0.25, 0.3) is 0 Å². The Balaban J connectivity index is 1.98. The number of fused-ring (bicyclic) bond motifs is 1. The van der Waals surface area contributed by atoms with Gasteiger partial charge in [0.1, 0.15) is 0 Å². The van der Waals surface area contributed by atoms with Crippen LogP contribution in [0.4, 0.5) is 5.95 Å². The van der Waals surface area contributed by atoms with Crippen LogP contribution in [0, 0.1) is 5.92 Å². The Hall–Kier alpha value is -0.970. The van der Waals surface area contributed by atoms with Gasteiger partial charge >= 0.3 is 0 Å². The summed E-state index contributed by atoms with van der Waals surface area (Å²) < 4.78 is 7.75. The Labute approximate surface area is 127 Å². The van der Waals surface area contributed by atoms with Crippen LogP contribution < -0.4 is 5.73 Å². The van der Waals surface area contributed by atoms with E-state index in [0.29, 0.717) is 28.0 Å². The van der Waals surface area contributed by atoms with E-state index < -0.39 is 0 Å². The van der Waals surface area contributed by atoms with Gasteiger partial charge in [-0.1, -0.05) is 30.1 Å². The van der Waals surface area contributed by atoms with Gasteiger partial charge < -0.3 is 15.0 Å². The van der Waals surface area contributed by atoms with Gasteiger partial charge in [0, 0.05) is 19.1 Å². The highest BCUT2D eigenvalue weighted by Gasteiger charge is 2.28. The van der Waals surface area contributed by atoms with Gasteiger partial charge in [0.05, 0.1) is 27.2 Å². The van der Waals surface area contributed by atoms with Crippen LogP contribution in [-0.4, -0.2) is 22.3 Å². The number of halogens is 2. The van der Waals surface area contributed by atoms with Gasteiger partial charge in [-0.3, -0.25) is 0 Å². The molecule has 1 saturated heterocycles. The fraction of sp³-hybridized carbons (Fsp3) is 0.500. The summed E-state index contributed by atoms with van der Waals surface area (Å²) in [6, 6.07) is 3.59. The van der Waals surface area contributed by atoms with E-state index in [4.69, 9.17) is 33.7 Å². The first-order valence-electron chi connectivity index (χ1n) is 6.82. The van der Waals surface area contributed by atoms with Crippen LogP contribution in [0.15, 0.2) is 12.1 Å². The van der Waals surface area contributed by atoms with E-state index in [9.17, 15) is 0 Å². The molecule has 0 radical (unpaired) electrons. The molecule has 2 heterocycles. The van der Waals surface area contributed by atoms with E-state index in [1.54, 1.807) is 6.07 Å². The normalized spacial score (nSPS) is 22.8. The molecule has 3 rings (SSSR count). The average Bonchev–Trinajstić information content (AvgIpc) is 2.97. The van der Waals surface area contributed by atoms with Crippen LogP contribution in [0.5, 0.6) is 0 Å². The molecule has 1 aromatic carbocycles. The summed E-state index contributed by atoms with van der Waals surface area (Å²) in [5, 5.41) is 1.02. The monoisotopic (exact) mass is 313 g/mol. The first-order chi connectivity index (χ1) is 9.60. The molecule has 0 amide bonds. The zero-order chi connectivity index (χ0) is 14.3. The van der Waals surface area contributed by atoms with E-state index in [2.05, 4.69) is 11.9 Å². The number of rotatable bonds is 3. The molecule has 1 aliphatic rings. The van der Waals surface area contributed by atoms with Crippen molar-refractivity contribution < 1.29 is 4.74 Å². The maximum absolute atomic E-state index is 6.10. The standard InChI is InChI=1S/C14H17Cl2N3O/c1-2-13-8(3-4-20-13)7-19-12-6-10(16)9(15)5-11(12)18-14(19)17/h5-6,8,13H,2-4,7H2,1H3,(H2,17,18). The SMILES string of the molecule is CCC1OCCC1Cn1c(N)nc2cc(Cl)c(Cl)cc21. The molecule has 0 bridgehead atoms. The molecule has 2 unspecified atom stereocenters. The van der Waals surface area contributed by atoms with Crippen molar-refractivity contribution in [2.75, 3.05) is 12.3 Å². The van der Waals surface area contributed by atoms with Crippen LogP contribution in [0.3, 0.4) is 0 Å². The van der Waals surface area contributed by atoms with E-state index in [-0.39, 0.29) is 0 Å². The number of ether oxygens (including phenoxy) is 1. The van der Waals surface area contributed by atoms with Gasteiger partial charge in [-0.05, 0) is 25.0 Å². The number of hydrogen-bond acceptors (Lipinski definition) is 3. The summed E-state index contributed by atoms with van der Waals surface area (Å²) in [5.74, 6) is 0.967. The number of anilines is 1.